The van der Waals surface area contributed by atoms with Crippen LogP contribution in [0.4, 0.5) is 0 Å². The molecule has 0 amide bonds. The highest BCUT2D eigenvalue weighted by Gasteiger charge is 2.23. The minimum atomic E-state index is 0.497. The smallest absolute Gasteiger partial charge is 0.159 e. The highest BCUT2D eigenvalue weighted by Crippen LogP contribution is 2.34. The van der Waals surface area contributed by atoms with Crippen LogP contribution in [0, 0.1) is 13.8 Å². The minimum absolute atomic E-state index is 0.497. The molecule has 4 heterocycles. The first kappa shape index (κ1) is 16.0. The van der Waals surface area contributed by atoms with Crippen molar-refractivity contribution in [3.05, 3.63) is 29.1 Å². The Hall–Kier alpha value is -2.21. The van der Waals surface area contributed by atoms with Crippen LogP contribution in [0.3, 0.4) is 0 Å². The second-order valence-corrected chi connectivity index (χ2v) is 7.77. The number of nitrogens with zero attached hydrogens (tertiary/aromatic N) is 5. The van der Waals surface area contributed by atoms with Gasteiger partial charge in [0.05, 0.1) is 23.1 Å². The van der Waals surface area contributed by atoms with Crippen molar-refractivity contribution >= 4 is 11.0 Å². The molecule has 6 heteroatoms. The quantitative estimate of drug-likeness (QED) is 0.768. The number of pyridine rings is 1. The Labute approximate surface area is 153 Å². The van der Waals surface area contributed by atoms with Crippen LogP contribution < -0.4 is 5.32 Å². The van der Waals surface area contributed by atoms with Crippen molar-refractivity contribution in [2.75, 3.05) is 6.54 Å². The van der Waals surface area contributed by atoms with Gasteiger partial charge in [0.25, 0.3) is 0 Å². The summed E-state index contributed by atoms with van der Waals surface area (Å²) >= 11 is 0. The summed E-state index contributed by atoms with van der Waals surface area (Å²) < 4.78 is 4.33. The lowest BCUT2D eigenvalue weighted by atomic mass is 10.1. The Bertz CT molecular complexity index is 937. The Morgan fingerprint density at radius 2 is 1.88 bits per heavy atom. The third kappa shape index (κ3) is 2.55. The maximum absolute atomic E-state index is 5.04. The molecule has 0 saturated heterocycles. The van der Waals surface area contributed by atoms with E-state index in [1.807, 2.05) is 0 Å². The molecule has 1 aliphatic carbocycles. The highest BCUT2D eigenvalue weighted by molar-refractivity contribution is 5.84. The fourth-order valence-corrected chi connectivity index (χ4v) is 4.55. The zero-order chi connectivity index (χ0) is 17.7. The molecule has 6 nitrogen and oxygen atoms in total. The molecule has 0 spiro atoms. The van der Waals surface area contributed by atoms with E-state index in [0.717, 1.165) is 48.8 Å². The predicted molar refractivity (Wildman–Crippen MR) is 102 cm³/mol. The molecule has 0 aromatic carbocycles. The summed E-state index contributed by atoms with van der Waals surface area (Å²) in [5.74, 6) is 0. The first-order valence-electron chi connectivity index (χ1n) is 9.85. The van der Waals surface area contributed by atoms with Crippen molar-refractivity contribution in [2.45, 2.75) is 65.1 Å². The molecule has 0 radical (unpaired) electrons. The van der Waals surface area contributed by atoms with Crippen LogP contribution in [-0.2, 0) is 13.1 Å². The van der Waals surface area contributed by atoms with Gasteiger partial charge < -0.3 is 5.32 Å². The molecule has 3 aromatic heterocycles. The average Bonchev–Trinajstić information content (AvgIpc) is 3.32. The summed E-state index contributed by atoms with van der Waals surface area (Å²) in [6.07, 6.45) is 6.14. The van der Waals surface area contributed by atoms with Crippen LogP contribution in [-0.4, -0.2) is 31.1 Å². The molecule has 1 aliphatic heterocycles. The largest absolute Gasteiger partial charge is 0.311 e. The number of nitrogens with one attached hydrogen (secondary N) is 1. The highest BCUT2D eigenvalue weighted by atomic mass is 15.3. The van der Waals surface area contributed by atoms with Gasteiger partial charge in [0.2, 0.25) is 0 Å². The molecular formula is C20H26N6. The SMILES string of the molecule is Cc1cc(-c2cc3n(n2)CCCNC3)nc2c1c(C)nn2C1CCCC1. The van der Waals surface area contributed by atoms with E-state index in [1.165, 1.54) is 42.3 Å². The molecule has 0 unspecified atom stereocenters. The molecule has 3 aromatic rings. The summed E-state index contributed by atoms with van der Waals surface area (Å²) in [5, 5.41) is 14.4. The van der Waals surface area contributed by atoms with Crippen LogP contribution in [0.5, 0.6) is 0 Å². The van der Waals surface area contributed by atoms with E-state index >= 15 is 0 Å². The van der Waals surface area contributed by atoms with Crippen molar-refractivity contribution in [2.24, 2.45) is 0 Å². The molecule has 0 atom stereocenters. The van der Waals surface area contributed by atoms with Gasteiger partial charge in [-0.15, -0.1) is 0 Å². The number of fused-ring (bicyclic) bond motifs is 2. The first-order chi connectivity index (χ1) is 12.7. The van der Waals surface area contributed by atoms with E-state index in [2.05, 4.69) is 40.7 Å². The number of aromatic nitrogens is 5. The topological polar surface area (TPSA) is 60.6 Å². The van der Waals surface area contributed by atoms with Gasteiger partial charge in [0.1, 0.15) is 5.69 Å². The van der Waals surface area contributed by atoms with E-state index in [9.17, 15) is 0 Å². The number of hydrogen-bond acceptors (Lipinski definition) is 4. The van der Waals surface area contributed by atoms with Gasteiger partial charge in [-0.1, -0.05) is 12.8 Å². The molecular weight excluding hydrogens is 324 g/mol. The van der Waals surface area contributed by atoms with E-state index in [1.54, 1.807) is 0 Å². The van der Waals surface area contributed by atoms with Crippen LogP contribution in [0.15, 0.2) is 12.1 Å². The standard InChI is InChI=1S/C20H26N6/c1-13-10-17(18-11-16-12-21-8-5-9-25(16)24-18)22-20-19(13)14(2)23-26(20)15-6-3-4-7-15/h10-11,15,21H,3-9,12H2,1-2H3. The van der Waals surface area contributed by atoms with Crippen LogP contribution in [0.1, 0.15) is 55.1 Å². The van der Waals surface area contributed by atoms with Crippen molar-refractivity contribution in [1.29, 1.82) is 0 Å². The van der Waals surface area contributed by atoms with Gasteiger partial charge in [-0.05, 0) is 57.4 Å². The molecule has 2 aliphatic rings. The predicted octanol–water partition coefficient (Wildman–Crippen LogP) is 3.52. The summed E-state index contributed by atoms with van der Waals surface area (Å²) in [7, 11) is 0. The van der Waals surface area contributed by atoms with E-state index < -0.39 is 0 Å². The number of hydrogen-bond donors (Lipinski definition) is 1. The van der Waals surface area contributed by atoms with Gasteiger partial charge in [0, 0.05) is 18.5 Å². The fourth-order valence-electron chi connectivity index (χ4n) is 4.55. The maximum Gasteiger partial charge on any atom is 0.159 e. The third-order valence-electron chi connectivity index (χ3n) is 5.86. The molecule has 1 N–H and O–H groups in total. The Balaban J connectivity index is 1.63. The second-order valence-electron chi connectivity index (χ2n) is 7.77. The Morgan fingerprint density at radius 1 is 1.04 bits per heavy atom. The zero-order valence-corrected chi connectivity index (χ0v) is 15.6. The molecule has 136 valence electrons. The molecule has 1 fully saturated rings. The lowest BCUT2D eigenvalue weighted by Gasteiger charge is -2.11. The monoisotopic (exact) mass is 350 g/mol. The molecule has 26 heavy (non-hydrogen) atoms. The first-order valence-corrected chi connectivity index (χ1v) is 9.85. The molecule has 1 saturated carbocycles. The second kappa shape index (κ2) is 6.20. The van der Waals surface area contributed by atoms with Gasteiger partial charge in [-0.3, -0.25) is 4.68 Å². The lowest BCUT2D eigenvalue weighted by molar-refractivity contribution is 0.476. The van der Waals surface area contributed by atoms with Crippen molar-refractivity contribution < 1.29 is 0 Å². The van der Waals surface area contributed by atoms with Crippen molar-refractivity contribution in [3.63, 3.8) is 0 Å². The number of rotatable bonds is 2. The van der Waals surface area contributed by atoms with Gasteiger partial charge >= 0.3 is 0 Å². The van der Waals surface area contributed by atoms with Gasteiger partial charge in [-0.2, -0.15) is 10.2 Å². The van der Waals surface area contributed by atoms with Crippen LogP contribution >= 0.6 is 0 Å². The number of aryl methyl sites for hydroxylation is 3. The van der Waals surface area contributed by atoms with Gasteiger partial charge in [-0.25, -0.2) is 9.67 Å². The zero-order valence-electron chi connectivity index (χ0n) is 15.6. The average molecular weight is 350 g/mol. The Morgan fingerprint density at radius 3 is 2.73 bits per heavy atom. The summed E-state index contributed by atoms with van der Waals surface area (Å²) in [6, 6.07) is 4.86. The maximum atomic E-state index is 5.04. The fraction of sp³-hybridized carbons (Fsp3) is 0.550. The van der Waals surface area contributed by atoms with Gasteiger partial charge in [0.15, 0.2) is 5.65 Å². The van der Waals surface area contributed by atoms with Crippen LogP contribution in [0.25, 0.3) is 22.4 Å². The van der Waals surface area contributed by atoms with E-state index in [4.69, 9.17) is 15.2 Å². The van der Waals surface area contributed by atoms with Crippen molar-refractivity contribution in [1.82, 2.24) is 29.9 Å². The minimum Gasteiger partial charge on any atom is -0.311 e. The molecule has 0 bridgehead atoms. The van der Waals surface area contributed by atoms with E-state index in [-0.39, 0.29) is 0 Å². The van der Waals surface area contributed by atoms with Crippen LogP contribution in [0.2, 0.25) is 0 Å². The molecule has 5 rings (SSSR count). The Kier molecular flexibility index (Phi) is 3.81. The third-order valence-corrected chi connectivity index (χ3v) is 5.86. The summed E-state index contributed by atoms with van der Waals surface area (Å²) in [4.78, 5) is 5.04. The summed E-state index contributed by atoms with van der Waals surface area (Å²) in [6.45, 7) is 7.19. The summed E-state index contributed by atoms with van der Waals surface area (Å²) in [5.41, 5.74) is 6.56. The lowest BCUT2D eigenvalue weighted by Crippen LogP contribution is -2.11. The van der Waals surface area contributed by atoms with Crippen molar-refractivity contribution in [3.8, 4) is 11.4 Å². The normalized spacial score (nSPS) is 18.4. The van der Waals surface area contributed by atoms with E-state index in [0.29, 0.717) is 6.04 Å².